The van der Waals surface area contributed by atoms with E-state index < -0.39 is 11.2 Å². The van der Waals surface area contributed by atoms with E-state index >= 15 is 0 Å². The number of rotatable bonds is 5. The van der Waals surface area contributed by atoms with Crippen molar-refractivity contribution in [2.75, 3.05) is 14.2 Å². The van der Waals surface area contributed by atoms with Crippen LogP contribution in [0.5, 0.6) is 0 Å². The average Bonchev–Trinajstić information content (AvgIpc) is 2.44. The second-order valence-electron chi connectivity index (χ2n) is 3.61. The van der Waals surface area contributed by atoms with Gasteiger partial charge in [-0.25, -0.2) is 4.79 Å². The molecule has 0 amide bonds. The topological polar surface area (TPSA) is 52.6 Å². The van der Waals surface area contributed by atoms with Gasteiger partial charge in [0.1, 0.15) is 10.6 Å². The van der Waals surface area contributed by atoms with E-state index in [0.29, 0.717) is 11.1 Å². The Labute approximate surface area is 126 Å². The molecule has 0 unspecified atom stereocenters. The van der Waals surface area contributed by atoms with Gasteiger partial charge in [0.2, 0.25) is 0 Å². The number of benzene rings is 1. The molecule has 6 heteroatoms. The summed E-state index contributed by atoms with van der Waals surface area (Å²) in [4.78, 5) is 22.7. The van der Waals surface area contributed by atoms with Crippen molar-refractivity contribution >= 4 is 46.1 Å². The van der Waals surface area contributed by atoms with Gasteiger partial charge in [0.25, 0.3) is 5.24 Å². The van der Waals surface area contributed by atoms with E-state index in [1.165, 1.54) is 26.6 Å². The van der Waals surface area contributed by atoms with E-state index in [-0.39, 0.29) is 10.6 Å². The van der Waals surface area contributed by atoms with Crippen molar-refractivity contribution in [3.8, 4) is 0 Å². The summed E-state index contributed by atoms with van der Waals surface area (Å²) in [6.45, 7) is 0. The maximum atomic E-state index is 11.8. The fraction of sp³-hybridized carbons (Fsp3) is 0.143. The number of hydrogen-bond donors (Lipinski definition) is 0. The molecule has 0 bridgehead atoms. The van der Waals surface area contributed by atoms with Crippen LogP contribution in [-0.2, 0) is 19.1 Å². The first kappa shape index (κ1) is 16.3. The highest BCUT2D eigenvalue weighted by molar-refractivity contribution is 6.74. The number of ether oxygens (including phenoxy) is 2. The third-order valence-corrected chi connectivity index (χ3v) is 2.94. The van der Waals surface area contributed by atoms with Crippen LogP contribution in [0.15, 0.2) is 35.6 Å². The number of carbonyl (C=O) groups excluding carboxylic acids is 2. The van der Waals surface area contributed by atoms with Crippen LogP contribution in [0.4, 0.5) is 0 Å². The molecule has 0 aliphatic heterocycles. The second-order valence-corrected chi connectivity index (χ2v) is 4.36. The van der Waals surface area contributed by atoms with Gasteiger partial charge in [-0.05, 0) is 28.8 Å². The summed E-state index contributed by atoms with van der Waals surface area (Å²) >= 11 is 11.0. The van der Waals surface area contributed by atoms with Crippen molar-refractivity contribution in [3.05, 3.63) is 46.7 Å². The number of methoxy groups -OCH3 is 2. The molecule has 1 rings (SSSR count). The fourth-order valence-electron chi connectivity index (χ4n) is 1.51. The minimum absolute atomic E-state index is 0.152. The van der Waals surface area contributed by atoms with Crippen LogP contribution >= 0.6 is 23.2 Å². The molecule has 0 heterocycles. The lowest BCUT2D eigenvalue weighted by Crippen LogP contribution is -2.06. The summed E-state index contributed by atoms with van der Waals surface area (Å²) in [5.74, 6) is -0.568. The van der Waals surface area contributed by atoms with Crippen LogP contribution in [-0.4, -0.2) is 25.4 Å². The molecule has 0 N–H and O–H groups in total. The van der Waals surface area contributed by atoms with Gasteiger partial charge in [0.05, 0.1) is 20.5 Å². The Balaban J connectivity index is 3.38. The molecule has 0 atom stereocenters. The van der Waals surface area contributed by atoms with Crippen LogP contribution < -0.4 is 0 Å². The quantitative estimate of drug-likeness (QED) is 0.362. The molecule has 0 aliphatic rings. The average molecular weight is 315 g/mol. The van der Waals surface area contributed by atoms with E-state index in [1.54, 1.807) is 24.3 Å². The van der Waals surface area contributed by atoms with Gasteiger partial charge in [-0.1, -0.05) is 35.9 Å². The lowest BCUT2D eigenvalue weighted by atomic mass is 10.00. The van der Waals surface area contributed by atoms with Gasteiger partial charge in [-0.2, -0.15) is 0 Å². The van der Waals surface area contributed by atoms with E-state index in [0.717, 1.165) is 0 Å². The largest absolute Gasteiger partial charge is 0.503 e. The van der Waals surface area contributed by atoms with Crippen molar-refractivity contribution in [1.29, 1.82) is 0 Å². The van der Waals surface area contributed by atoms with Gasteiger partial charge in [0, 0.05) is 0 Å². The minimum atomic E-state index is -0.781. The zero-order chi connectivity index (χ0) is 15.1. The lowest BCUT2D eigenvalue weighted by molar-refractivity contribution is -0.133. The van der Waals surface area contributed by atoms with E-state index in [2.05, 4.69) is 0 Å². The van der Waals surface area contributed by atoms with Crippen LogP contribution in [0.1, 0.15) is 11.1 Å². The molecule has 0 aromatic heterocycles. The number of carbonyl (C=O) groups is 2. The van der Waals surface area contributed by atoms with Gasteiger partial charge in [0.15, 0.2) is 0 Å². The molecule has 0 fully saturated rings. The first-order valence-electron chi connectivity index (χ1n) is 5.49. The Morgan fingerprint density at radius 2 is 1.80 bits per heavy atom. The highest BCUT2D eigenvalue weighted by Gasteiger charge is 2.16. The first-order valence-corrected chi connectivity index (χ1v) is 6.24. The van der Waals surface area contributed by atoms with Crippen LogP contribution in [0, 0.1) is 0 Å². The lowest BCUT2D eigenvalue weighted by Gasteiger charge is -2.09. The van der Waals surface area contributed by atoms with Crippen LogP contribution in [0.3, 0.4) is 0 Å². The Morgan fingerprint density at radius 3 is 2.35 bits per heavy atom. The Bertz CT molecular complexity index is 576. The Hall–Kier alpha value is -1.78. The molecular formula is C14H12Cl2O4. The van der Waals surface area contributed by atoms with Gasteiger partial charge >= 0.3 is 5.97 Å². The molecule has 0 radical (unpaired) electrons. The zero-order valence-electron chi connectivity index (χ0n) is 10.9. The molecule has 4 nitrogen and oxygen atoms in total. The first-order chi connectivity index (χ1) is 9.51. The third-order valence-electron chi connectivity index (χ3n) is 2.36. The molecule has 0 saturated heterocycles. The Morgan fingerprint density at radius 1 is 1.15 bits per heavy atom. The number of halogens is 2. The van der Waals surface area contributed by atoms with Crippen molar-refractivity contribution in [2.24, 2.45) is 0 Å². The second kappa shape index (κ2) is 7.72. The predicted octanol–water partition coefficient (Wildman–Crippen LogP) is 3.19. The van der Waals surface area contributed by atoms with Crippen LogP contribution in [0.25, 0.3) is 11.6 Å². The summed E-state index contributed by atoms with van der Waals surface area (Å²) < 4.78 is 9.57. The van der Waals surface area contributed by atoms with Crippen molar-refractivity contribution in [1.82, 2.24) is 0 Å². The number of allylic oxidation sites excluding steroid dienone is 1. The maximum absolute atomic E-state index is 11.8. The summed E-state index contributed by atoms with van der Waals surface area (Å²) in [6.07, 6.45) is 2.63. The van der Waals surface area contributed by atoms with Crippen molar-refractivity contribution in [2.45, 2.75) is 0 Å². The summed E-state index contributed by atoms with van der Waals surface area (Å²) in [7, 11) is 2.68. The molecule has 106 valence electrons. The van der Waals surface area contributed by atoms with Crippen LogP contribution in [0.2, 0.25) is 0 Å². The van der Waals surface area contributed by atoms with Gasteiger partial charge in [-0.15, -0.1) is 0 Å². The molecule has 20 heavy (non-hydrogen) atoms. The summed E-state index contributed by atoms with van der Waals surface area (Å²) in [6, 6.07) is 6.83. The normalized spacial score (nSPS) is 12.0. The van der Waals surface area contributed by atoms with E-state index in [4.69, 9.17) is 32.7 Å². The third kappa shape index (κ3) is 4.11. The zero-order valence-corrected chi connectivity index (χ0v) is 12.4. The molecule has 0 aliphatic carbocycles. The highest BCUT2D eigenvalue weighted by Crippen LogP contribution is 2.24. The monoisotopic (exact) mass is 314 g/mol. The summed E-state index contributed by atoms with van der Waals surface area (Å²) in [5, 5.41) is -0.933. The maximum Gasteiger partial charge on any atom is 0.341 e. The molecule has 1 aromatic carbocycles. The van der Waals surface area contributed by atoms with E-state index in [9.17, 15) is 9.59 Å². The Kier molecular flexibility index (Phi) is 6.28. The molecular weight excluding hydrogens is 303 g/mol. The van der Waals surface area contributed by atoms with Gasteiger partial charge in [-0.3, -0.25) is 4.79 Å². The fourth-order valence-corrected chi connectivity index (χ4v) is 1.68. The summed E-state index contributed by atoms with van der Waals surface area (Å²) in [5.41, 5.74) is 1.26. The molecule has 0 saturated carbocycles. The minimum Gasteiger partial charge on any atom is -0.503 e. The SMILES string of the molecule is CO/C=C(/C(=O)OC)c1ccccc1/C=C(\Cl)C(=O)Cl. The highest BCUT2D eigenvalue weighted by atomic mass is 35.5. The number of esters is 1. The molecule has 1 aromatic rings. The van der Waals surface area contributed by atoms with Crippen molar-refractivity contribution < 1.29 is 19.1 Å². The van der Waals surface area contributed by atoms with Gasteiger partial charge < -0.3 is 9.47 Å². The van der Waals surface area contributed by atoms with E-state index in [1.807, 2.05) is 0 Å². The van der Waals surface area contributed by atoms with Crippen molar-refractivity contribution in [3.63, 3.8) is 0 Å². The molecule has 0 spiro atoms. The smallest absolute Gasteiger partial charge is 0.341 e. The standard InChI is InChI=1S/C14H12Cl2O4/c1-19-8-11(14(18)20-2)10-6-4-3-5-9(10)7-12(15)13(16)17/h3-8H,1-2H3/b11-8+,12-7-. The predicted molar refractivity (Wildman–Crippen MR) is 78.1 cm³/mol. The number of hydrogen-bond acceptors (Lipinski definition) is 4.